The van der Waals surface area contributed by atoms with Gasteiger partial charge < -0.3 is 18.8 Å². The van der Waals surface area contributed by atoms with Crippen molar-refractivity contribution in [3.05, 3.63) is 12.1 Å². The van der Waals surface area contributed by atoms with Crippen molar-refractivity contribution in [3.8, 4) is 5.88 Å². The Labute approximate surface area is 160 Å². The number of anilines is 1. The summed E-state index contributed by atoms with van der Waals surface area (Å²) in [4.78, 5) is 30.3. The van der Waals surface area contributed by atoms with Gasteiger partial charge in [-0.15, -0.1) is 0 Å². The highest BCUT2D eigenvalue weighted by molar-refractivity contribution is 7.69. The van der Waals surface area contributed by atoms with Crippen LogP contribution in [0, 0.1) is 0 Å². The minimum Gasteiger partial charge on any atom is -0.479 e. The fraction of sp³-hybridized carbons (Fsp3) is 0.611. The van der Waals surface area contributed by atoms with Crippen LogP contribution in [0.25, 0.3) is 0 Å². The molecule has 0 aliphatic rings. The summed E-state index contributed by atoms with van der Waals surface area (Å²) in [6.45, 7) is 13.2. The van der Waals surface area contributed by atoms with Gasteiger partial charge in [-0.1, -0.05) is 0 Å². The molecule has 0 unspecified atom stereocenters. The van der Waals surface area contributed by atoms with Gasteiger partial charge in [0.2, 0.25) is 5.88 Å². The highest BCUT2D eigenvalue weighted by atomic mass is 31.2. The molecular weight excluding hydrogens is 371 g/mol. The van der Waals surface area contributed by atoms with Crippen molar-refractivity contribution in [2.75, 3.05) is 25.3 Å². The van der Waals surface area contributed by atoms with Crippen LogP contribution in [0.15, 0.2) is 12.1 Å². The number of carbonyl (C=O) groups excluding carboxylic acids is 2. The van der Waals surface area contributed by atoms with Crippen molar-refractivity contribution < 1.29 is 28.4 Å². The molecule has 0 aromatic carbocycles. The molecule has 0 aliphatic carbocycles. The zero-order valence-electron chi connectivity index (χ0n) is 17.4. The molecule has 152 valence electrons. The first-order chi connectivity index (χ1) is 12.0. The quantitative estimate of drug-likeness (QED) is 0.707. The highest BCUT2D eigenvalue weighted by Crippen LogP contribution is 2.36. The third kappa shape index (κ3) is 6.86. The number of pyridine rings is 1. The first kappa shape index (κ1) is 23.0. The summed E-state index contributed by atoms with van der Waals surface area (Å²) >= 11 is 0. The summed E-state index contributed by atoms with van der Waals surface area (Å²) in [7, 11) is -1.32. The van der Waals surface area contributed by atoms with E-state index in [1.165, 1.54) is 19.2 Å². The van der Waals surface area contributed by atoms with Crippen LogP contribution in [0.3, 0.4) is 0 Å². The number of ether oxygens (including phenoxy) is 3. The van der Waals surface area contributed by atoms with Crippen molar-refractivity contribution >= 4 is 30.5 Å². The molecule has 1 heterocycles. The van der Waals surface area contributed by atoms with Crippen LogP contribution in [0.5, 0.6) is 5.88 Å². The van der Waals surface area contributed by atoms with Gasteiger partial charge in [-0.2, -0.15) is 4.90 Å². The fourth-order valence-corrected chi connectivity index (χ4v) is 2.70. The molecule has 1 aromatic rings. The van der Waals surface area contributed by atoms with Crippen LogP contribution in [0.1, 0.15) is 41.5 Å². The molecule has 1 rings (SSSR count). The second-order valence-electron chi connectivity index (χ2n) is 8.34. The summed E-state index contributed by atoms with van der Waals surface area (Å²) in [6.07, 6.45) is -1.86. The van der Waals surface area contributed by atoms with E-state index in [4.69, 9.17) is 14.2 Å². The van der Waals surface area contributed by atoms with Crippen molar-refractivity contribution in [2.24, 2.45) is 0 Å². The minimum atomic E-state index is -2.66. The van der Waals surface area contributed by atoms with Crippen LogP contribution in [0.4, 0.5) is 15.3 Å². The maximum Gasteiger partial charge on any atom is 0.424 e. The van der Waals surface area contributed by atoms with E-state index in [9.17, 15) is 14.2 Å². The second-order valence-corrected chi connectivity index (χ2v) is 11.5. The number of hydrogen-bond donors (Lipinski definition) is 0. The Bertz CT molecular complexity index is 730. The van der Waals surface area contributed by atoms with Crippen LogP contribution in [-0.4, -0.2) is 48.8 Å². The molecule has 0 radical (unpaired) electrons. The minimum absolute atomic E-state index is 0.0341. The maximum absolute atomic E-state index is 12.7. The summed E-state index contributed by atoms with van der Waals surface area (Å²) in [5, 5.41) is 0. The second kappa shape index (κ2) is 7.89. The molecule has 2 amide bonds. The molecule has 0 atom stereocenters. The molecule has 27 heavy (non-hydrogen) atoms. The molecule has 0 saturated carbocycles. The summed E-state index contributed by atoms with van der Waals surface area (Å²) in [5.41, 5.74) is -1.31. The maximum atomic E-state index is 12.7. The third-order valence-electron chi connectivity index (χ3n) is 2.96. The predicted molar refractivity (Wildman–Crippen MR) is 105 cm³/mol. The van der Waals surface area contributed by atoms with Gasteiger partial charge >= 0.3 is 12.2 Å². The van der Waals surface area contributed by atoms with Gasteiger partial charge in [-0.25, -0.2) is 14.6 Å². The largest absolute Gasteiger partial charge is 0.479 e. The topological polar surface area (TPSA) is 95.0 Å². The molecule has 0 aliphatic heterocycles. The van der Waals surface area contributed by atoms with Crippen LogP contribution < -0.4 is 15.1 Å². The van der Waals surface area contributed by atoms with Gasteiger partial charge in [0.25, 0.3) is 0 Å². The van der Waals surface area contributed by atoms with Crippen molar-refractivity contribution in [2.45, 2.75) is 52.7 Å². The molecule has 0 bridgehead atoms. The van der Waals surface area contributed by atoms with Gasteiger partial charge in [-0.3, -0.25) is 0 Å². The highest BCUT2D eigenvalue weighted by Gasteiger charge is 2.35. The van der Waals surface area contributed by atoms with Crippen LogP contribution in [-0.2, 0) is 14.0 Å². The van der Waals surface area contributed by atoms with E-state index >= 15 is 0 Å². The Morgan fingerprint density at radius 1 is 0.963 bits per heavy atom. The monoisotopic (exact) mass is 400 g/mol. The molecule has 0 N–H and O–H groups in total. The van der Waals surface area contributed by atoms with Gasteiger partial charge in [0.05, 0.1) is 7.11 Å². The predicted octanol–water partition coefficient (Wildman–Crippen LogP) is 4.01. The van der Waals surface area contributed by atoms with Gasteiger partial charge in [0.15, 0.2) is 0 Å². The van der Waals surface area contributed by atoms with Crippen molar-refractivity contribution in [3.63, 3.8) is 0 Å². The van der Waals surface area contributed by atoms with Crippen molar-refractivity contribution in [1.82, 2.24) is 4.98 Å². The number of hydrogen-bond acceptors (Lipinski definition) is 7. The van der Waals surface area contributed by atoms with Crippen molar-refractivity contribution in [1.29, 1.82) is 0 Å². The van der Waals surface area contributed by atoms with E-state index in [0.29, 0.717) is 5.44 Å². The molecular formula is C18H29N2O6P. The number of aromatic nitrogens is 1. The molecule has 8 nitrogen and oxygen atoms in total. The lowest BCUT2D eigenvalue weighted by atomic mass is 10.2. The SMILES string of the molecule is COc1nc(P(C)(C)=O)ccc1N(C(=O)OC(C)(C)C)C(=O)OC(C)(C)C. The van der Waals surface area contributed by atoms with E-state index in [1.807, 2.05) is 0 Å². The molecule has 9 heteroatoms. The van der Waals surface area contributed by atoms with E-state index in [0.717, 1.165) is 4.90 Å². The average Bonchev–Trinajstić information content (AvgIpc) is 2.42. The standard InChI is InChI=1S/C18H29N2O6P/c1-17(2,3)25-15(21)20(16(22)26-18(4,5)6)12-10-11-13(27(8,9)23)19-14(12)24-7/h10-11H,1-9H3. The smallest absolute Gasteiger partial charge is 0.424 e. The van der Waals surface area contributed by atoms with Gasteiger partial charge in [0.1, 0.15) is 29.5 Å². The summed E-state index contributed by atoms with van der Waals surface area (Å²) < 4.78 is 28.2. The lowest BCUT2D eigenvalue weighted by Gasteiger charge is -2.29. The number of nitrogens with zero attached hydrogens (tertiary/aromatic N) is 2. The normalized spacial score (nSPS) is 12.3. The van der Waals surface area contributed by atoms with Gasteiger partial charge in [0, 0.05) is 0 Å². The lowest BCUT2D eigenvalue weighted by Crippen LogP contribution is -2.44. The molecule has 0 fully saturated rings. The van der Waals surface area contributed by atoms with E-state index in [2.05, 4.69) is 4.98 Å². The van der Waals surface area contributed by atoms with Crippen LogP contribution in [0.2, 0.25) is 0 Å². The zero-order chi connectivity index (χ0) is 21.2. The lowest BCUT2D eigenvalue weighted by molar-refractivity contribution is 0.0429. The Balaban J connectivity index is 3.48. The number of imide groups is 1. The fourth-order valence-electron chi connectivity index (χ4n) is 1.93. The van der Waals surface area contributed by atoms with E-state index in [-0.39, 0.29) is 11.6 Å². The summed E-state index contributed by atoms with van der Waals surface area (Å²) in [5.74, 6) is -0.0341. The average molecular weight is 400 g/mol. The third-order valence-corrected chi connectivity index (χ3v) is 4.32. The molecule has 1 aromatic heterocycles. The molecule has 0 saturated heterocycles. The zero-order valence-corrected chi connectivity index (χ0v) is 18.3. The first-order valence-electron chi connectivity index (χ1n) is 8.42. The Morgan fingerprint density at radius 3 is 1.74 bits per heavy atom. The molecule has 0 spiro atoms. The Kier molecular flexibility index (Phi) is 6.71. The number of methoxy groups -OCH3 is 1. The summed E-state index contributed by atoms with van der Waals surface area (Å²) in [6, 6.07) is 2.93. The Morgan fingerprint density at radius 2 is 1.41 bits per heavy atom. The van der Waals surface area contributed by atoms with E-state index < -0.39 is 30.5 Å². The van der Waals surface area contributed by atoms with Crippen LogP contribution >= 0.6 is 7.14 Å². The van der Waals surface area contributed by atoms with Gasteiger partial charge in [-0.05, 0) is 67.0 Å². The number of amides is 2. The van der Waals surface area contributed by atoms with E-state index in [1.54, 1.807) is 54.9 Å². The first-order valence-corrected chi connectivity index (χ1v) is 11.0. The Hall–Kier alpha value is -2.08. The number of rotatable bonds is 3. The number of carbonyl (C=O) groups is 2.